The summed E-state index contributed by atoms with van der Waals surface area (Å²) in [7, 11) is -4.12. The van der Waals surface area contributed by atoms with Gasteiger partial charge in [-0.1, -0.05) is 12.1 Å². The highest BCUT2D eigenvalue weighted by molar-refractivity contribution is 7.85. The number of benzene rings is 1. The average molecular weight is 268 g/mol. The van der Waals surface area contributed by atoms with E-state index in [4.69, 9.17) is 14.0 Å². The summed E-state index contributed by atoms with van der Waals surface area (Å²) in [5.41, 5.74) is 0.946. The van der Waals surface area contributed by atoms with Crippen molar-refractivity contribution in [3.8, 4) is 0 Å². The summed E-state index contributed by atoms with van der Waals surface area (Å²) < 4.78 is 40.7. The summed E-state index contributed by atoms with van der Waals surface area (Å²) in [4.78, 5) is -0.106. The smallest absolute Gasteiger partial charge is 0.294 e. The lowest BCUT2D eigenvalue weighted by molar-refractivity contribution is 0.246. The van der Waals surface area contributed by atoms with Crippen LogP contribution < -0.4 is 0 Å². The van der Waals surface area contributed by atoms with Gasteiger partial charge in [-0.15, -0.1) is 0 Å². The molecule has 0 spiro atoms. The van der Waals surface area contributed by atoms with Crippen LogP contribution in [0.5, 0.6) is 0 Å². The van der Waals surface area contributed by atoms with Gasteiger partial charge in [0, 0.05) is 6.42 Å². The Bertz CT molecular complexity index is 569. The molecule has 0 amide bonds. The minimum Gasteiger partial charge on any atom is -0.466 e. The summed E-state index contributed by atoms with van der Waals surface area (Å²) >= 11 is 0. The van der Waals surface area contributed by atoms with Crippen molar-refractivity contribution in [1.82, 2.24) is 0 Å². The molecule has 0 unspecified atom stereocenters. The fraction of sp³-hybridized carbons (Fsp3) is 0.167. The molecule has 0 aromatic heterocycles. The lowest BCUT2D eigenvalue weighted by Gasteiger charge is -2.09. The highest BCUT2D eigenvalue weighted by atomic mass is 32.2. The van der Waals surface area contributed by atoms with E-state index in [1.54, 1.807) is 12.1 Å². The Hall–Kier alpha value is -1.79. The standard InChI is InChI=1S/C12H12O5S/c13-18(14,15)12-5-2-10(3-6-12)1-4-11-9-16-7-8-17-11/h2-3,5-9H,1,4H2,(H,13,14,15). The van der Waals surface area contributed by atoms with Crippen LogP contribution in [0.25, 0.3) is 0 Å². The molecule has 0 saturated carbocycles. The van der Waals surface area contributed by atoms with Gasteiger partial charge in [-0.3, -0.25) is 4.55 Å². The van der Waals surface area contributed by atoms with Gasteiger partial charge in [0.2, 0.25) is 0 Å². The fourth-order valence-corrected chi connectivity index (χ4v) is 1.98. The molecule has 18 heavy (non-hydrogen) atoms. The Morgan fingerprint density at radius 2 is 1.78 bits per heavy atom. The highest BCUT2D eigenvalue weighted by Crippen LogP contribution is 2.15. The normalized spacial score (nSPS) is 14.6. The van der Waals surface area contributed by atoms with Crippen LogP contribution in [0, 0.1) is 0 Å². The lowest BCUT2D eigenvalue weighted by Crippen LogP contribution is -1.99. The molecule has 6 heteroatoms. The quantitative estimate of drug-likeness (QED) is 0.848. The van der Waals surface area contributed by atoms with Crippen molar-refractivity contribution in [2.24, 2.45) is 0 Å². The monoisotopic (exact) mass is 268 g/mol. The maximum absolute atomic E-state index is 10.9. The summed E-state index contributed by atoms with van der Waals surface area (Å²) in [6.45, 7) is 0. The van der Waals surface area contributed by atoms with E-state index in [-0.39, 0.29) is 4.90 Å². The van der Waals surface area contributed by atoms with Crippen LogP contribution in [0.1, 0.15) is 12.0 Å². The number of hydrogen-bond donors (Lipinski definition) is 1. The van der Waals surface area contributed by atoms with Gasteiger partial charge < -0.3 is 9.47 Å². The first kappa shape index (κ1) is 12.7. The Balaban J connectivity index is 1.96. The fourth-order valence-electron chi connectivity index (χ4n) is 1.50. The van der Waals surface area contributed by atoms with E-state index >= 15 is 0 Å². The number of hydrogen-bond acceptors (Lipinski definition) is 4. The van der Waals surface area contributed by atoms with E-state index in [1.165, 1.54) is 30.9 Å². The predicted molar refractivity (Wildman–Crippen MR) is 64.0 cm³/mol. The molecule has 0 bridgehead atoms. The molecule has 1 aliphatic rings. The van der Waals surface area contributed by atoms with Crippen LogP contribution in [0.15, 0.2) is 53.7 Å². The van der Waals surface area contributed by atoms with Crippen molar-refractivity contribution in [2.45, 2.75) is 17.7 Å². The van der Waals surface area contributed by atoms with Gasteiger partial charge >= 0.3 is 0 Å². The van der Waals surface area contributed by atoms with E-state index in [0.717, 1.165) is 5.56 Å². The third kappa shape index (κ3) is 3.35. The van der Waals surface area contributed by atoms with Gasteiger partial charge in [-0.05, 0) is 24.1 Å². The molecular weight excluding hydrogens is 256 g/mol. The van der Waals surface area contributed by atoms with Crippen LogP contribution >= 0.6 is 0 Å². The van der Waals surface area contributed by atoms with Gasteiger partial charge in [0.15, 0.2) is 0 Å². The molecule has 2 rings (SSSR count). The summed E-state index contributed by atoms with van der Waals surface area (Å²) in [6, 6.07) is 6.06. The first-order valence-corrected chi connectivity index (χ1v) is 6.72. The van der Waals surface area contributed by atoms with Crippen LogP contribution in [0.2, 0.25) is 0 Å². The van der Waals surface area contributed by atoms with Gasteiger partial charge in [-0.25, -0.2) is 0 Å². The van der Waals surface area contributed by atoms with Crippen molar-refractivity contribution in [3.05, 3.63) is 54.4 Å². The minimum absolute atomic E-state index is 0.106. The average Bonchev–Trinajstić information content (AvgIpc) is 2.37. The Labute approximate surface area is 105 Å². The molecule has 1 heterocycles. The van der Waals surface area contributed by atoms with Gasteiger partial charge in [0.1, 0.15) is 24.5 Å². The molecule has 5 nitrogen and oxygen atoms in total. The summed E-state index contributed by atoms with van der Waals surface area (Å²) in [6.07, 6.45) is 5.75. The van der Waals surface area contributed by atoms with E-state index < -0.39 is 10.1 Å². The second kappa shape index (κ2) is 5.24. The third-order valence-corrected chi connectivity index (χ3v) is 3.30. The topological polar surface area (TPSA) is 72.8 Å². The number of aryl methyl sites for hydroxylation is 1. The van der Waals surface area contributed by atoms with Gasteiger partial charge in [0.25, 0.3) is 10.1 Å². The van der Waals surface area contributed by atoms with Gasteiger partial charge in [0.05, 0.1) is 4.90 Å². The SMILES string of the molecule is O=S(=O)(O)c1ccc(CCC2=COC=CO2)cc1. The molecule has 0 fully saturated rings. The third-order valence-electron chi connectivity index (χ3n) is 2.43. The van der Waals surface area contributed by atoms with Crippen LogP contribution in [-0.4, -0.2) is 13.0 Å². The van der Waals surface area contributed by atoms with Crippen LogP contribution in [0.3, 0.4) is 0 Å². The van der Waals surface area contributed by atoms with Crippen molar-refractivity contribution in [2.75, 3.05) is 0 Å². The van der Waals surface area contributed by atoms with E-state index in [2.05, 4.69) is 0 Å². The van der Waals surface area contributed by atoms with E-state index in [1.807, 2.05) is 0 Å². The molecule has 1 aliphatic heterocycles. The zero-order chi connectivity index (χ0) is 13.0. The van der Waals surface area contributed by atoms with Crippen LogP contribution in [0.4, 0.5) is 0 Å². The van der Waals surface area contributed by atoms with E-state index in [0.29, 0.717) is 18.6 Å². The maximum atomic E-state index is 10.9. The van der Waals surface area contributed by atoms with Crippen molar-refractivity contribution >= 4 is 10.1 Å². The maximum Gasteiger partial charge on any atom is 0.294 e. The molecule has 96 valence electrons. The number of ether oxygens (including phenoxy) is 2. The summed E-state index contributed by atoms with van der Waals surface area (Å²) in [5, 5.41) is 0. The van der Waals surface area contributed by atoms with Gasteiger partial charge in [-0.2, -0.15) is 8.42 Å². The lowest BCUT2D eigenvalue weighted by atomic mass is 10.1. The first-order chi connectivity index (χ1) is 8.55. The van der Waals surface area contributed by atoms with Crippen molar-refractivity contribution in [3.63, 3.8) is 0 Å². The predicted octanol–water partition coefficient (Wildman–Crippen LogP) is 2.23. The molecule has 0 saturated heterocycles. The van der Waals surface area contributed by atoms with E-state index in [9.17, 15) is 8.42 Å². The number of allylic oxidation sites excluding steroid dienone is 1. The molecular formula is C12H12O5S. The Morgan fingerprint density at radius 3 is 2.33 bits per heavy atom. The minimum atomic E-state index is -4.12. The van der Waals surface area contributed by atoms with Crippen LogP contribution in [-0.2, 0) is 26.0 Å². The second-order valence-electron chi connectivity index (χ2n) is 3.73. The second-order valence-corrected chi connectivity index (χ2v) is 5.15. The Kier molecular flexibility index (Phi) is 3.69. The zero-order valence-corrected chi connectivity index (χ0v) is 10.3. The molecule has 0 radical (unpaired) electrons. The largest absolute Gasteiger partial charge is 0.466 e. The molecule has 0 aliphatic carbocycles. The number of rotatable bonds is 4. The van der Waals surface area contributed by atoms with Crippen molar-refractivity contribution in [1.29, 1.82) is 0 Å². The molecule has 1 aromatic rings. The first-order valence-electron chi connectivity index (χ1n) is 5.28. The highest BCUT2D eigenvalue weighted by Gasteiger charge is 2.09. The molecule has 1 N–H and O–H groups in total. The summed E-state index contributed by atoms with van der Waals surface area (Å²) in [5.74, 6) is 0.705. The molecule has 0 atom stereocenters. The molecule has 1 aromatic carbocycles. The Morgan fingerprint density at radius 1 is 1.06 bits per heavy atom. The van der Waals surface area contributed by atoms with Crippen molar-refractivity contribution < 1.29 is 22.4 Å². The zero-order valence-electron chi connectivity index (χ0n) is 9.44.